The zero-order valence-electron chi connectivity index (χ0n) is 29.5. The van der Waals surface area contributed by atoms with Gasteiger partial charge in [-0.2, -0.15) is 0 Å². The highest BCUT2D eigenvalue weighted by atomic mass is 15.3. The number of benzene rings is 2. The van der Waals surface area contributed by atoms with E-state index < -0.39 is 0 Å². The lowest BCUT2D eigenvalue weighted by Gasteiger charge is -2.37. The molecule has 0 amide bonds. The summed E-state index contributed by atoms with van der Waals surface area (Å²) in [4.78, 5) is 13.4. The van der Waals surface area contributed by atoms with E-state index in [1.807, 2.05) is 0 Å². The van der Waals surface area contributed by atoms with E-state index in [1.165, 1.54) is 49.6 Å². The summed E-state index contributed by atoms with van der Waals surface area (Å²) in [6.07, 6.45) is 41.7. The molecule has 0 fully saturated rings. The zero-order valence-corrected chi connectivity index (χ0v) is 29.5. The first-order valence-electron chi connectivity index (χ1n) is 19.4. The summed E-state index contributed by atoms with van der Waals surface area (Å²) in [6, 6.07) is 17.8. The van der Waals surface area contributed by atoms with Crippen LogP contribution in [0, 0.1) is 17.8 Å². The molecular weight excluding hydrogens is 633 g/mol. The molecular formula is C48H42N4. The van der Waals surface area contributed by atoms with E-state index in [0.29, 0.717) is 11.8 Å². The topological polar surface area (TPSA) is 34.0 Å². The van der Waals surface area contributed by atoms with Gasteiger partial charge in [0.2, 0.25) is 5.95 Å². The fourth-order valence-corrected chi connectivity index (χ4v) is 10.2. The van der Waals surface area contributed by atoms with E-state index in [-0.39, 0.29) is 12.0 Å². The number of fused-ring (bicyclic) bond motifs is 7. The molecule has 11 rings (SSSR count). The lowest BCUT2D eigenvalue weighted by Crippen LogP contribution is -2.37. The molecule has 254 valence electrons. The third-order valence-electron chi connectivity index (χ3n) is 12.5. The molecule has 0 saturated heterocycles. The standard InChI is InChI=1S/C48H42N4/c1-3-15-31(16-4-1)47-37-22-9-12-24-41(37)49-48(50-47)52-43-26-14-11-23-38(43)46-36-21-8-7-19-34(36)39(30-45(46)52)32-27-28-44-40(29-32)35-20-10-13-25-42(35)51(44)33-17-5-2-6-18-33/h1,3,5,8-15,17-18,20-26,28-29,32,38-39,43H,2,4,6-7,16,19,27,30H2. The van der Waals surface area contributed by atoms with Crippen LogP contribution >= 0.6 is 0 Å². The summed E-state index contributed by atoms with van der Waals surface area (Å²) in [5, 5.41) is 5.26. The number of hydrogen-bond acceptors (Lipinski definition) is 3. The van der Waals surface area contributed by atoms with E-state index in [1.54, 1.807) is 5.57 Å². The van der Waals surface area contributed by atoms with Crippen molar-refractivity contribution >= 4 is 51.2 Å². The monoisotopic (exact) mass is 674 g/mol. The average Bonchev–Trinajstić information content (AvgIpc) is 3.73. The molecule has 0 N–H and O–H groups in total. The van der Waals surface area contributed by atoms with Crippen molar-refractivity contribution < 1.29 is 0 Å². The molecule has 6 aliphatic carbocycles. The summed E-state index contributed by atoms with van der Waals surface area (Å²) in [5.41, 5.74) is 12.1. The second-order valence-electron chi connectivity index (χ2n) is 15.3. The van der Waals surface area contributed by atoms with Crippen LogP contribution in [0.25, 0.3) is 45.2 Å². The lowest BCUT2D eigenvalue weighted by molar-refractivity contribution is 0.449. The van der Waals surface area contributed by atoms with E-state index in [4.69, 9.17) is 9.97 Å². The fraction of sp³-hybridized carbons (Fsp3) is 0.250. The molecule has 4 aromatic rings. The van der Waals surface area contributed by atoms with Gasteiger partial charge in [0.15, 0.2) is 0 Å². The van der Waals surface area contributed by atoms with Crippen LogP contribution < -0.4 is 15.5 Å². The maximum Gasteiger partial charge on any atom is 0.231 e. The van der Waals surface area contributed by atoms with Crippen molar-refractivity contribution in [2.75, 3.05) is 4.90 Å². The van der Waals surface area contributed by atoms with E-state index in [2.05, 4.69) is 143 Å². The Kier molecular flexibility index (Phi) is 6.99. The van der Waals surface area contributed by atoms with Crippen LogP contribution in [0.5, 0.6) is 0 Å². The van der Waals surface area contributed by atoms with Crippen LogP contribution in [0.4, 0.5) is 5.95 Å². The Balaban J connectivity index is 1.07. The van der Waals surface area contributed by atoms with Crippen molar-refractivity contribution in [3.8, 4) is 0 Å². The van der Waals surface area contributed by atoms with Crippen LogP contribution in [0.1, 0.15) is 57.1 Å². The van der Waals surface area contributed by atoms with Gasteiger partial charge < -0.3 is 9.47 Å². The molecule has 4 nitrogen and oxygen atoms in total. The number of aromatic nitrogens is 3. The van der Waals surface area contributed by atoms with E-state index >= 15 is 0 Å². The summed E-state index contributed by atoms with van der Waals surface area (Å²) >= 11 is 0. The third kappa shape index (κ3) is 4.59. The number of nitrogens with zero attached hydrogens (tertiary/aromatic N) is 4. The van der Waals surface area contributed by atoms with Crippen molar-refractivity contribution in [1.82, 2.24) is 14.5 Å². The van der Waals surface area contributed by atoms with Gasteiger partial charge in [-0.15, -0.1) is 0 Å². The number of rotatable bonds is 4. The smallest absolute Gasteiger partial charge is 0.231 e. The first kappa shape index (κ1) is 30.2. The van der Waals surface area contributed by atoms with E-state index in [0.717, 1.165) is 73.9 Å². The zero-order chi connectivity index (χ0) is 34.2. The van der Waals surface area contributed by atoms with Gasteiger partial charge in [-0.25, -0.2) is 9.97 Å². The molecule has 4 unspecified atom stereocenters. The Morgan fingerprint density at radius 3 is 2.52 bits per heavy atom. The minimum absolute atomic E-state index is 0.162. The van der Waals surface area contributed by atoms with Gasteiger partial charge >= 0.3 is 0 Å². The minimum atomic E-state index is 0.162. The van der Waals surface area contributed by atoms with Crippen molar-refractivity contribution in [3.05, 3.63) is 160 Å². The lowest BCUT2D eigenvalue weighted by atomic mass is 9.68. The van der Waals surface area contributed by atoms with Crippen molar-refractivity contribution in [2.45, 2.75) is 57.4 Å². The van der Waals surface area contributed by atoms with Gasteiger partial charge in [-0.1, -0.05) is 121 Å². The molecule has 0 saturated carbocycles. The Morgan fingerprint density at radius 2 is 1.62 bits per heavy atom. The number of hydrogen-bond donors (Lipinski definition) is 0. The number of anilines is 1. The third-order valence-corrected chi connectivity index (χ3v) is 12.5. The quantitative estimate of drug-likeness (QED) is 0.216. The fourth-order valence-electron chi connectivity index (χ4n) is 10.2. The molecule has 3 heterocycles. The number of para-hydroxylation sites is 2. The highest BCUT2D eigenvalue weighted by Crippen LogP contribution is 2.54. The average molecular weight is 675 g/mol. The SMILES string of the molecule is C1=CCCC(c2nc(N3C4=C(C5=C(CCC=C5)C(C5C=c6c(n(C7=CCCC=C7)c7ccccc67)=CC5)C4)C4C=CC=CC43)nc3ccccc23)=C1. The van der Waals surface area contributed by atoms with E-state index in [9.17, 15) is 0 Å². The van der Waals surface area contributed by atoms with Gasteiger partial charge in [0, 0.05) is 38.7 Å². The molecule has 52 heavy (non-hydrogen) atoms. The molecule has 4 heteroatoms. The first-order valence-corrected chi connectivity index (χ1v) is 19.4. The van der Waals surface area contributed by atoms with Gasteiger partial charge in [-0.3, -0.25) is 0 Å². The van der Waals surface area contributed by atoms with Crippen molar-refractivity contribution in [1.29, 1.82) is 0 Å². The minimum Gasteiger partial charge on any atom is -0.310 e. The highest BCUT2D eigenvalue weighted by molar-refractivity contribution is 5.92. The van der Waals surface area contributed by atoms with Crippen LogP contribution in [-0.4, -0.2) is 20.6 Å². The predicted molar refractivity (Wildman–Crippen MR) is 215 cm³/mol. The van der Waals surface area contributed by atoms with Crippen LogP contribution in [0.2, 0.25) is 0 Å². The predicted octanol–water partition coefficient (Wildman–Crippen LogP) is 9.64. The summed E-state index contributed by atoms with van der Waals surface area (Å²) in [7, 11) is 0. The maximum atomic E-state index is 5.50. The largest absolute Gasteiger partial charge is 0.310 e. The molecule has 2 aromatic heterocycles. The van der Waals surface area contributed by atoms with Crippen molar-refractivity contribution in [3.63, 3.8) is 0 Å². The van der Waals surface area contributed by atoms with Gasteiger partial charge in [-0.05, 0) is 98.1 Å². The van der Waals surface area contributed by atoms with Gasteiger partial charge in [0.1, 0.15) is 0 Å². The molecule has 4 atom stereocenters. The summed E-state index contributed by atoms with van der Waals surface area (Å²) in [5.74, 6) is 1.95. The molecule has 0 radical (unpaired) electrons. The first-order chi connectivity index (χ1) is 25.8. The summed E-state index contributed by atoms with van der Waals surface area (Å²) in [6.45, 7) is 0. The molecule has 1 aliphatic heterocycles. The van der Waals surface area contributed by atoms with Crippen LogP contribution in [0.15, 0.2) is 144 Å². The second-order valence-corrected chi connectivity index (χ2v) is 15.3. The maximum absolute atomic E-state index is 5.50. The number of allylic oxidation sites excluding steroid dienone is 15. The van der Waals surface area contributed by atoms with Crippen molar-refractivity contribution in [2.24, 2.45) is 17.8 Å². The summed E-state index contributed by atoms with van der Waals surface area (Å²) < 4.78 is 2.51. The second kappa shape index (κ2) is 12.1. The normalized spacial score (nSPS) is 25.8. The molecule has 7 aliphatic rings. The Bertz CT molecular complexity index is 2610. The van der Waals surface area contributed by atoms with Gasteiger partial charge in [0.05, 0.1) is 22.8 Å². The molecule has 2 aromatic carbocycles. The molecule has 0 bridgehead atoms. The van der Waals surface area contributed by atoms with Crippen LogP contribution in [-0.2, 0) is 0 Å². The Hall–Kier alpha value is -5.48. The Morgan fingerprint density at radius 1 is 0.750 bits per heavy atom. The Labute approximate surface area is 305 Å². The van der Waals surface area contributed by atoms with Gasteiger partial charge in [0.25, 0.3) is 0 Å². The van der Waals surface area contributed by atoms with Crippen LogP contribution in [0.3, 0.4) is 0 Å². The molecule has 0 spiro atoms. The highest BCUT2D eigenvalue weighted by Gasteiger charge is 2.47.